The molecule has 1 amide bonds. The molecule has 0 bridgehead atoms. The standard InChI is InChI=1S/C19H20N2O5S/c1-4-27(24,25)13-5-6-17(22)16(9-13)20-18(23)10-15-14-8-11(2)7-12(3)19(14)26-21-15/h5-9,22H,4,10H2,1-3H3,(H,20,23). The number of amides is 1. The predicted octanol–water partition coefficient (Wildman–Crippen LogP) is 3.13. The second-order valence-electron chi connectivity index (χ2n) is 6.40. The first-order valence-corrected chi connectivity index (χ1v) is 10.1. The van der Waals surface area contributed by atoms with Crippen LogP contribution in [0.15, 0.2) is 39.8 Å². The molecule has 8 heteroatoms. The minimum atomic E-state index is -3.45. The summed E-state index contributed by atoms with van der Waals surface area (Å²) >= 11 is 0. The number of benzene rings is 2. The number of hydrogen-bond donors (Lipinski definition) is 2. The second-order valence-corrected chi connectivity index (χ2v) is 8.67. The number of rotatable bonds is 5. The number of hydrogen-bond acceptors (Lipinski definition) is 6. The van der Waals surface area contributed by atoms with E-state index in [0.29, 0.717) is 11.3 Å². The zero-order valence-electron chi connectivity index (χ0n) is 15.2. The highest BCUT2D eigenvalue weighted by Crippen LogP contribution is 2.28. The lowest BCUT2D eigenvalue weighted by molar-refractivity contribution is -0.115. The van der Waals surface area contributed by atoms with Crippen molar-refractivity contribution in [3.63, 3.8) is 0 Å². The molecule has 0 aliphatic rings. The van der Waals surface area contributed by atoms with Crippen molar-refractivity contribution in [1.29, 1.82) is 0 Å². The number of nitrogens with one attached hydrogen (secondary N) is 1. The van der Waals surface area contributed by atoms with Crippen LogP contribution in [0, 0.1) is 13.8 Å². The minimum absolute atomic E-state index is 0.0367. The third-order valence-electron chi connectivity index (χ3n) is 4.29. The maximum absolute atomic E-state index is 12.4. The average molecular weight is 388 g/mol. The van der Waals surface area contributed by atoms with E-state index in [1.54, 1.807) is 0 Å². The third-order valence-corrected chi connectivity index (χ3v) is 6.02. The second kappa shape index (κ2) is 7.03. The SMILES string of the molecule is CCS(=O)(=O)c1ccc(O)c(NC(=O)Cc2noc3c(C)cc(C)cc23)c1. The summed E-state index contributed by atoms with van der Waals surface area (Å²) in [5.74, 6) is -0.727. The lowest BCUT2D eigenvalue weighted by Gasteiger charge is -2.09. The van der Waals surface area contributed by atoms with Gasteiger partial charge in [0.2, 0.25) is 5.91 Å². The zero-order chi connectivity index (χ0) is 19.8. The number of aryl methyl sites for hydroxylation is 2. The van der Waals surface area contributed by atoms with Crippen molar-refractivity contribution in [3.8, 4) is 5.75 Å². The maximum atomic E-state index is 12.4. The van der Waals surface area contributed by atoms with E-state index in [9.17, 15) is 18.3 Å². The largest absolute Gasteiger partial charge is 0.506 e. The van der Waals surface area contributed by atoms with Crippen LogP contribution in [0.4, 0.5) is 5.69 Å². The highest BCUT2D eigenvalue weighted by molar-refractivity contribution is 7.91. The quantitative estimate of drug-likeness (QED) is 0.650. The summed E-state index contributed by atoms with van der Waals surface area (Å²) in [7, 11) is -3.45. The number of phenolic OH excluding ortho intramolecular Hbond substituents is 1. The van der Waals surface area contributed by atoms with Crippen molar-refractivity contribution in [3.05, 3.63) is 47.2 Å². The highest BCUT2D eigenvalue weighted by atomic mass is 32.2. The van der Waals surface area contributed by atoms with Gasteiger partial charge in [0.1, 0.15) is 11.4 Å². The van der Waals surface area contributed by atoms with Crippen LogP contribution in [-0.2, 0) is 21.1 Å². The smallest absolute Gasteiger partial charge is 0.230 e. The molecular weight excluding hydrogens is 368 g/mol. The van der Waals surface area contributed by atoms with Gasteiger partial charge in [0.25, 0.3) is 0 Å². The van der Waals surface area contributed by atoms with Crippen molar-refractivity contribution < 1.29 is 22.8 Å². The van der Waals surface area contributed by atoms with Gasteiger partial charge in [-0.15, -0.1) is 0 Å². The number of phenols is 1. The first-order valence-electron chi connectivity index (χ1n) is 8.42. The molecule has 0 saturated carbocycles. The summed E-state index contributed by atoms with van der Waals surface area (Å²) < 4.78 is 29.3. The molecule has 2 aromatic carbocycles. The summed E-state index contributed by atoms with van der Waals surface area (Å²) in [4.78, 5) is 12.5. The molecule has 0 spiro atoms. The van der Waals surface area contributed by atoms with Gasteiger partial charge in [-0.25, -0.2) is 8.42 Å². The van der Waals surface area contributed by atoms with Crippen molar-refractivity contribution in [2.45, 2.75) is 32.1 Å². The topological polar surface area (TPSA) is 110 Å². The van der Waals surface area contributed by atoms with Crippen LogP contribution in [-0.4, -0.2) is 30.3 Å². The number of carbonyl (C=O) groups is 1. The summed E-state index contributed by atoms with van der Waals surface area (Å²) in [5.41, 5.74) is 3.10. The van der Waals surface area contributed by atoms with Crippen LogP contribution in [0.2, 0.25) is 0 Å². The molecule has 0 aliphatic carbocycles. The van der Waals surface area contributed by atoms with Crippen LogP contribution in [0.1, 0.15) is 23.7 Å². The van der Waals surface area contributed by atoms with E-state index in [1.807, 2.05) is 26.0 Å². The van der Waals surface area contributed by atoms with Gasteiger partial charge in [-0.1, -0.05) is 18.1 Å². The molecule has 1 aromatic heterocycles. The third kappa shape index (κ3) is 3.80. The number of carbonyl (C=O) groups excluding carboxylic acids is 1. The number of aromatic hydroxyl groups is 1. The first kappa shape index (κ1) is 18.9. The van der Waals surface area contributed by atoms with E-state index in [0.717, 1.165) is 16.5 Å². The minimum Gasteiger partial charge on any atom is -0.506 e. The summed E-state index contributed by atoms with van der Waals surface area (Å²) in [5, 5.41) is 17.2. The number of sulfone groups is 1. The summed E-state index contributed by atoms with van der Waals surface area (Å²) in [6.07, 6.45) is -0.0694. The van der Waals surface area contributed by atoms with Crippen molar-refractivity contribution in [2.24, 2.45) is 0 Å². The zero-order valence-corrected chi connectivity index (χ0v) is 16.1. The van der Waals surface area contributed by atoms with E-state index in [2.05, 4.69) is 10.5 Å². The molecule has 3 rings (SSSR count). The molecule has 0 saturated heterocycles. The fourth-order valence-electron chi connectivity index (χ4n) is 2.89. The fourth-order valence-corrected chi connectivity index (χ4v) is 3.80. The number of nitrogens with zero attached hydrogens (tertiary/aromatic N) is 1. The van der Waals surface area contributed by atoms with Crippen LogP contribution in [0.5, 0.6) is 5.75 Å². The predicted molar refractivity (Wildman–Crippen MR) is 102 cm³/mol. The van der Waals surface area contributed by atoms with Crippen molar-refractivity contribution >= 4 is 32.4 Å². The molecule has 7 nitrogen and oxygen atoms in total. The van der Waals surface area contributed by atoms with Crippen molar-refractivity contribution in [2.75, 3.05) is 11.1 Å². The molecule has 2 N–H and O–H groups in total. The van der Waals surface area contributed by atoms with Gasteiger partial charge in [-0.3, -0.25) is 4.79 Å². The molecular formula is C19H20N2O5S. The Morgan fingerprint density at radius 2 is 1.96 bits per heavy atom. The number of anilines is 1. The number of aromatic nitrogens is 1. The van der Waals surface area contributed by atoms with E-state index < -0.39 is 15.7 Å². The maximum Gasteiger partial charge on any atom is 0.230 e. The van der Waals surface area contributed by atoms with Crippen LogP contribution >= 0.6 is 0 Å². The van der Waals surface area contributed by atoms with E-state index >= 15 is 0 Å². The average Bonchev–Trinajstić information content (AvgIpc) is 2.99. The lowest BCUT2D eigenvalue weighted by Crippen LogP contribution is -2.15. The number of fused-ring (bicyclic) bond motifs is 1. The lowest BCUT2D eigenvalue weighted by atomic mass is 10.1. The Labute approximate surface area is 156 Å². The van der Waals surface area contributed by atoms with Crippen LogP contribution in [0.25, 0.3) is 11.0 Å². The van der Waals surface area contributed by atoms with Gasteiger partial charge in [-0.2, -0.15) is 0 Å². The van der Waals surface area contributed by atoms with Gasteiger partial charge >= 0.3 is 0 Å². The van der Waals surface area contributed by atoms with E-state index in [1.165, 1.54) is 25.1 Å². The Kier molecular flexibility index (Phi) is 4.93. The molecule has 27 heavy (non-hydrogen) atoms. The molecule has 1 heterocycles. The van der Waals surface area contributed by atoms with Gasteiger partial charge in [-0.05, 0) is 49.2 Å². The van der Waals surface area contributed by atoms with Crippen LogP contribution < -0.4 is 5.32 Å². The Morgan fingerprint density at radius 1 is 1.22 bits per heavy atom. The fraction of sp³-hybridized carbons (Fsp3) is 0.263. The molecule has 0 unspecified atom stereocenters. The monoisotopic (exact) mass is 388 g/mol. The molecule has 0 atom stereocenters. The van der Waals surface area contributed by atoms with Gasteiger partial charge < -0.3 is 14.9 Å². The van der Waals surface area contributed by atoms with Crippen LogP contribution in [0.3, 0.4) is 0 Å². The van der Waals surface area contributed by atoms with Gasteiger partial charge in [0.05, 0.1) is 22.8 Å². The van der Waals surface area contributed by atoms with Gasteiger partial charge in [0.15, 0.2) is 15.4 Å². The molecule has 3 aromatic rings. The Hall–Kier alpha value is -2.87. The first-order chi connectivity index (χ1) is 12.7. The Bertz CT molecular complexity index is 1130. The molecule has 0 fully saturated rings. The summed E-state index contributed by atoms with van der Waals surface area (Å²) in [6, 6.07) is 7.67. The molecule has 142 valence electrons. The normalized spacial score (nSPS) is 11.7. The summed E-state index contributed by atoms with van der Waals surface area (Å²) in [6.45, 7) is 5.38. The molecule has 0 radical (unpaired) electrons. The van der Waals surface area contributed by atoms with E-state index in [4.69, 9.17) is 4.52 Å². The Balaban J connectivity index is 1.86. The highest BCUT2D eigenvalue weighted by Gasteiger charge is 2.18. The Morgan fingerprint density at radius 3 is 2.67 bits per heavy atom. The van der Waals surface area contributed by atoms with Crippen molar-refractivity contribution in [1.82, 2.24) is 5.16 Å². The van der Waals surface area contributed by atoms with E-state index in [-0.39, 0.29) is 28.5 Å². The molecule has 0 aliphatic heterocycles. The van der Waals surface area contributed by atoms with Gasteiger partial charge in [0, 0.05) is 5.39 Å².